The lowest BCUT2D eigenvalue weighted by molar-refractivity contribution is -0.439. The Balaban J connectivity index is 2.27. The molecule has 0 bridgehead atoms. The second-order valence-electron chi connectivity index (χ2n) is 7.59. The molecule has 0 fully saturated rings. The quantitative estimate of drug-likeness (QED) is 0.319. The van der Waals surface area contributed by atoms with Crippen LogP contribution < -0.4 is 0 Å². The summed E-state index contributed by atoms with van der Waals surface area (Å²) in [5.41, 5.74) is 0.632. The van der Waals surface area contributed by atoms with Gasteiger partial charge in [-0.15, -0.1) is 0 Å². The molecule has 0 saturated carbocycles. The van der Waals surface area contributed by atoms with E-state index in [4.69, 9.17) is 9.11 Å². The number of halogens is 2. The zero-order chi connectivity index (χ0) is 22.0. The molecule has 0 radical (unpaired) electrons. The first-order chi connectivity index (χ1) is 13.2. The van der Waals surface area contributed by atoms with Gasteiger partial charge < -0.3 is 0 Å². The molecule has 1 aliphatic rings. The summed E-state index contributed by atoms with van der Waals surface area (Å²) in [6.07, 6.45) is 1.58. The van der Waals surface area contributed by atoms with Crippen LogP contribution in [-0.4, -0.2) is 54.3 Å². The van der Waals surface area contributed by atoms with Gasteiger partial charge in [-0.25, -0.2) is 8.78 Å². The Bertz CT molecular complexity index is 1020. The summed E-state index contributed by atoms with van der Waals surface area (Å²) in [7, 11) is -8.15. The first-order valence-electron chi connectivity index (χ1n) is 9.26. The monoisotopic (exact) mass is 454 g/mol. The van der Waals surface area contributed by atoms with Crippen LogP contribution in [-0.2, 0) is 25.7 Å². The van der Waals surface area contributed by atoms with Gasteiger partial charge in [0.25, 0.3) is 20.2 Å². The van der Waals surface area contributed by atoms with Crippen molar-refractivity contribution in [2.24, 2.45) is 0 Å². The average molecular weight is 455 g/mol. The van der Waals surface area contributed by atoms with Crippen molar-refractivity contribution in [2.75, 3.05) is 18.1 Å². The topological polar surface area (TPSA) is 112 Å². The van der Waals surface area contributed by atoms with Gasteiger partial charge in [0.05, 0.1) is 22.5 Å². The molecular formula is C18H26F2NO6S2+. The number of unbranched alkanes of at least 4 members (excludes halogenated alkanes) is 2. The fourth-order valence-electron chi connectivity index (χ4n) is 3.89. The van der Waals surface area contributed by atoms with Gasteiger partial charge in [0.1, 0.15) is 18.2 Å². The molecule has 1 aromatic rings. The van der Waals surface area contributed by atoms with Gasteiger partial charge in [0.2, 0.25) is 5.69 Å². The van der Waals surface area contributed by atoms with Crippen molar-refractivity contribution in [1.82, 2.24) is 0 Å². The summed E-state index contributed by atoms with van der Waals surface area (Å²) >= 11 is 0. The molecule has 0 aromatic heterocycles. The third kappa shape index (κ3) is 6.03. The lowest BCUT2D eigenvalue weighted by atomic mass is 9.76. The smallest absolute Gasteiger partial charge is 0.264 e. The van der Waals surface area contributed by atoms with Crippen LogP contribution in [0.2, 0.25) is 0 Å². The highest BCUT2D eigenvalue weighted by atomic mass is 32.2. The number of rotatable bonds is 10. The lowest BCUT2D eigenvalue weighted by Crippen LogP contribution is -2.31. The molecule has 1 atom stereocenters. The van der Waals surface area contributed by atoms with Crippen LogP contribution in [0.5, 0.6) is 0 Å². The van der Waals surface area contributed by atoms with Crippen molar-refractivity contribution in [2.45, 2.75) is 51.4 Å². The molecule has 11 heteroatoms. The molecule has 1 heterocycles. The highest BCUT2D eigenvalue weighted by Crippen LogP contribution is 2.44. The fourth-order valence-corrected chi connectivity index (χ4v) is 5.03. The van der Waals surface area contributed by atoms with E-state index in [0.29, 0.717) is 37.1 Å². The standard InChI is InChI=1S/C18H25F2NO6S2/c1-13-18(2,7-3-5-9-28(22,23)24)17-15(20)11-14(19)12-16(17)21(13)8-4-6-10-29(25,26)27/h11-12H,3-10H2,1-2H3,(H-,22,23,24,25,26,27)/p+1. The highest BCUT2D eigenvalue weighted by Gasteiger charge is 2.48. The summed E-state index contributed by atoms with van der Waals surface area (Å²) in [4.78, 5) is 0. The minimum absolute atomic E-state index is 0.195. The van der Waals surface area contributed by atoms with E-state index < -0.39 is 43.0 Å². The average Bonchev–Trinajstić information content (AvgIpc) is 2.75. The molecule has 2 N–H and O–H groups in total. The van der Waals surface area contributed by atoms with Crippen LogP contribution in [0.15, 0.2) is 12.1 Å². The summed E-state index contributed by atoms with van der Waals surface area (Å²) in [6.45, 7) is 3.90. The summed E-state index contributed by atoms with van der Waals surface area (Å²) in [5, 5.41) is 0. The minimum Gasteiger partial charge on any atom is -0.286 e. The number of benzene rings is 1. The molecule has 0 spiro atoms. The molecule has 1 aliphatic heterocycles. The van der Waals surface area contributed by atoms with Crippen molar-refractivity contribution >= 4 is 31.6 Å². The molecular weight excluding hydrogens is 428 g/mol. The maximum atomic E-state index is 14.7. The van der Waals surface area contributed by atoms with Crippen molar-refractivity contribution < 1.29 is 39.3 Å². The maximum absolute atomic E-state index is 14.7. The predicted molar refractivity (Wildman–Crippen MR) is 105 cm³/mol. The normalized spacial score (nSPS) is 19.7. The van der Waals surface area contributed by atoms with Crippen LogP contribution in [0.25, 0.3) is 0 Å². The van der Waals surface area contributed by atoms with Crippen molar-refractivity contribution in [3.8, 4) is 0 Å². The van der Waals surface area contributed by atoms with Gasteiger partial charge in [-0.3, -0.25) is 9.11 Å². The van der Waals surface area contributed by atoms with Gasteiger partial charge in [-0.2, -0.15) is 21.4 Å². The third-order valence-corrected chi connectivity index (χ3v) is 7.05. The van der Waals surface area contributed by atoms with E-state index >= 15 is 0 Å². The number of fused-ring (bicyclic) bond motifs is 1. The van der Waals surface area contributed by atoms with E-state index in [1.54, 1.807) is 18.4 Å². The Morgan fingerprint density at radius 3 is 2.07 bits per heavy atom. The SMILES string of the molecule is CC1=[N+](CCCCS(=O)(=O)O)c2cc(F)cc(F)c2C1(C)CCCCS(=O)(=O)O. The Hall–Kier alpha value is -1.43. The summed E-state index contributed by atoms with van der Waals surface area (Å²) < 4.78 is 91.6. The van der Waals surface area contributed by atoms with E-state index in [2.05, 4.69) is 0 Å². The molecule has 0 amide bonds. The maximum Gasteiger partial charge on any atom is 0.264 e. The Morgan fingerprint density at radius 2 is 1.52 bits per heavy atom. The van der Waals surface area contributed by atoms with Crippen LogP contribution in [0.3, 0.4) is 0 Å². The molecule has 1 aromatic carbocycles. The van der Waals surface area contributed by atoms with E-state index in [1.165, 1.54) is 6.07 Å². The largest absolute Gasteiger partial charge is 0.286 e. The molecule has 164 valence electrons. The fraction of sp³-hybridized carbons (Fsp3) is 0.611. The summed E-state index contributed by atoms with van der Waals surface area (Å²) in [5.74, 6) is -2.21. The van der Waals surface area contributed by atoms with Crippen molar-refractivity contribution in [3.63, 3.8) is 0 Å². The Kier molecular flexibility index (Phi) is 7.19. The predicted octanol–water partition coefficient (Wildman–Crippen LogP) is 3.07. The van der Waals surface area contributed by atoms with Crippen molar-refractivity contribution in [1.29, 1.82) is 0 Å². The molecule has 0 aliphatic carbocycles. The number of hydrogen-bond acceptors (Lipinski definition) is 4. The Labute approximate surface area is 169 Å². The summed E-state index contributed by atoms with van der Waals surface area (Å²) in [6, 6.07) is 2.04. The first kappa shape index (κ1) is 23.8. The first-order valence-corrected chi connectivity index (χ1v) is 12.5. The van der Waals surface area contributed by atoms with Gasteiger partial charge in [-0.1, -0.05) is 6.42 Å². The third-order valence-electron chi connectivity index (χ3n) is 5.44. The zero-order valence-corrected chi connectivity index (χ0v) is 18.0. The molecule has 2 rings (SSSR count). The Morgan fingerprint density at radius 1 is 0.966 bits per heavy atom. The lowest BCUT2D eigenvalue weighted by Gasteiger charge is -2.22. The highest BCUT2D eigenvalue weighted by molar-refractivity contribution is 7.86. The van der Waals surface area contributed by atoms with Gasteiger partial charge in [0.15, 0.2) is 5.71 Å². The van der Waals surface area contributed by atoms with E-state index in [0.717, 1.165) is 11.8 Å². The number of nitrogens with zero attached hydrogens (tertiary/aromatic N) is 1. The van der Waals surface area contributed by atoms with Crippen LogP contribution in [0.4, 0.5) is 14.5 Å². The second-order valence-corrected chi connectivity index (χ2v) is 10.7. The second kappa shape index (κ2) is 8.75. The molecule has 7 nitrogen and oxygen atoms in total. The van der Waals surface area contributed by atoms with Gasteiger partial charge in [0, 0.05) is 25.5 Å². The molecule has 0 saturated heterocycles. The van der Waals surface area contributed by atoms with E-state index in [-0.39, 0.29) is 18.6 Å². The molecule has 29 heavy (non-hydrogen) atoms. The van der Waals surface area contributed by atoms with Gasteiger partial charge >= 0.3 is 0 Å². The van der Waals surface area contributed by atoms with Crippen LogP contribution >= 0.6 is 0 Å². The molecule has 1 unspecified atom stereocenters. The number of hydrogen-bond donors (Lipinski definition) is 2. The van der Waals surface area contributed by atoms with Gasteiger partial charge in [-0.05, 0) is 26.2 Å². The van der Waals surface area contributed by atoms with E-state index in [9.17, 15) is 25.6 Å². The van der Waals surface area contributed by atoms with Crippen molar-refractivity contribution in [3.05, 3.63) is 29.3 Å². The minimum atomic E-state index is -4.08. The van der Waals surface area contributed by atoms with E-state index in [1.807, 2.05) is 0 Å². The zero-order valence-electron chi connectivity index (χ0n) is 16.4. The van der Waals surface area contributed by atoms with Crippen LogP contribution in [0.1, 0.15) is 51.5 Å². The van der Waals surface area contributed by atoms with Crippen LogP contribution in [0, 0.1) is 11.6 Å².